The first kappa shape index (κ1) is 25.3. The van der Waals surface area contributed by atoms with Gasteiger partial charge >= 0.3 is 8.80 Å². The van der Waals surface area contributed by atoms with E-state index in [9.17, 15) is 0 Å². The van der Waals surface area contributed by atoms with Crippen LogP contribution in [0.15, 0.2) is 30.3 Å². The highest BCUT2D eigenvalue weighted by Crippen LogP contribution is 2.31. The molecule has 0 bridgehead atoms. The second kappa shape index (κ2) is 17.7. The van der Waals surface area contributed by atoms with Crippen LogP contribution in [0.1, 0.15) is 32.8 Å². The third kappa shape index (κ3) is 13.2. The van der Waals surface area contributed by atoms with Gasteiger partial charge in [-0.1, -0.05) is 41.1 Å². The molecule has 0 aliphatic heterocycles. The molecule has 0 heterocycles. The lowest BCUT2D eigenvalue weighted by Gasteiger charge is -2.28. The third-order valence-electron chi connectivity index (χ3n) is 2.97. The van der Waals surface area contributed by atoms with Crippen LogP contribution < -0.4 is 10.9 Å². The minimum Gasteiger partial charge on any atom is -0.374 e. The van der Waals surface area contributed by atoms with E-state index >= 15 is 0 Å². The molecule has 5 nitrogen and oxygen atoms in total. The van der Waals surface area contributed by atoms with Gasteiger partial charge in [0.15, 0.2) is 0 Å². The van der Waals surface area contributed by atoms with Gasteiger partial charge in [0.05, 0.1) is 0 Å². The fourth-order valence-electron chi connectivity index (χ4n) is 2.02. The summed E-state index contributed by atoms with van der Waals surface area (Å²) in [5, 5.41) is 5.33. The maximum Gasteiger partial charge on any atom is 0.500 e. The molecular weight excluding hydrogens is 392 g/mol. The van der Waals surface area contributed by atoms with Crippen molar-refractivity contribution in [2.24, 2.45) is 10.9 Å². The zero-order chi connectivity index (χ0) is 18.8. The van der Waals surface area contributed by atoms with Crippen LogP contribution >= 0.6 is 31.6 Å². The lowest BCUT2D eigenvalue weighted by atomic mass is 10.2. The highest BCUT2D eigenvalue weighted by molar-refractivity contribution is 9.09. The summed E-state index contributed by atoms with van der Waals surface area (Å²) in [5.74, 6) is 1.04. The summed E-state index contributed by atoms with van der Waals surface area (Å²) in [7, 11) is 2.23. The van der Waals surface area contributed by atoms with Gasteiger partial charge in [-0.2, -0.15) is 0 Å². The van der Waals surface area contributed by atoms with E-state index in [-0.39, 0.29) is 0 Å². The zero-order valence-corrected chi connectivity index (χ0v) is 18.9. The Bertz CT molecular complexity index is 388. The molecule has 146 valence electrons. The first-order chi connectivity index (χ1) is 12.2. The summed E-state index contributed by atoms with van der Waals surface area (Å²) in [6.07, 6.45) is 1.03. The summed E-state index contributed by atoms with van der Waals surface area (Å²) in [4.78, 5) is 0. The predicted molar refractivity (Wildman–Crippen MR) is 116 cm³/mol. The molecule has 0 unspecified atom stereocenters. The summed E-state index contributed by atoms with van der Waals surface area (Å²) >= 11 is 0. The molecule has 0 aliphatic carbocycles. The Morgan fingerprint density at radius 3 is 1.92 bits per heavy atom. The minimum atomic E-state index is -2.42. The van der Waals surface area contributed by atoms with E-state index in [0.717, 1.165) is 18.2 Å². The largest absolute Gasteiger partial charge is 0.500 e. The lowest BCUT2D eigenvalue weighted by molar-refractivity contribution is 0.0712. The number of hydrogen-bond acceptors (Lipinski definition) is 8. The third-order valence-corrected chi connectivity index (χ3v) is 9.35. The van der Waals surface area contributed by atoms with E-state index in [2.05, 4.69) is 0 Å². The molecule has 4 N–H and O–H groups in total. The molecule has 1 aromatic rings. The van der Waals surface area contributed by atoms with Crippen molar-refractivity contribution >= 4 is 40.4 Å². The number of rotatable bonds is 13. The Morgan fingerprint density at radius 1 is 0.960 bits per heavy atom. The molecule has 0 amide bonds. The van der Waals surface area contributed by atoms with Gasteiger partial charge < -0.3 is 19.0 Å². The van der Waals surface area contributed by atoms with E-state index in [1.165, 1.54) is 16.5 Å². The molecule has 0 fully saturated rings. The SMILES string of the molecule is CCO[Si](CCCSSSN)(OCC)OCC.NCc1ccccc1. The molecule has 0 saturated heterocycles. The number of benzene rings is 1. The van der Waals surface area contributed by atoms with E-state index in [4.69, 9.17) is 24.2 Å². The summed E-state index contributed by atoms with van der Waals surface area (Å²) in [6, 6.07) is 10.9. The lowest BCUT2D eigenvalue weighted by Crippen LogP contribution is -2.46. The highest BCUT2D eigenvalue weighted by atomic mass is 33.5. The van der Waals surface area contributed by atoms with Crippen molar-refractivity contribution < 1.29 is 13.3 Å². The van der Waals surface area contributed by atoms with Crippen LogP contribution in [0.3, 0.4) is 0 Å². The Hall–Kier alpha value is 0.287. The smallest absolute Gasteiger partial charge is 0.374 e. The van der Waals surface area contributed by atoms with Gasteiger partial charge in [0.2, 0.25) is 0 Å². The van der Waals surface area contributed by atoms with Crippen molar-refractivity contribution in [3.05, 3.63) is 35.9 Å². The van der Waals surface area contributed by atoms with Crippen molar-refractivity contribution in [1.82, 2.24) is 0 Å². The zero-order valence-electron chi connectivity index (χ0n) is 15.4. The molecular formula is C16H32N2O3S3Si. The fraction of sp³-hybridized carbons (Fsp3) is 0.625. The molecule has 1 aromatic carbocycles. The van der Waals surface area contributed by atoms with Gasteiger partial charge in [-0.05, 0) is 53.6 Å². The Morgan fingerprint density at radius 2 is 1.52 bits per heavy atom. The minimum absolute atomic E-state index is 0.640. The van der Waals surface area contributed by atoms with Gasteiger partial charge in [-0.15, -0.1) is 0 Å². The van der Waals surface area contributed by atoms with E-state index in [1.54, 1.807) is 20.6 Å². The van der Waals surface area contributed by atoms with Crippen molar-refractivity contribution in [3.63, 3.8) is 0 Å². The molecule has 9 heteroatoms. The second-order valence-electron chi connectivity index (χ2n) is 4.76. The van der Waals surface area contributed by atoms with Crippen LogP contribution in [0.4, 0.5) is 0 Å². The molecule has 0 saturated carbocycles. The quantitative estimate of drug-likeness (QED) is 0.208. The van der Waals surface area contributed by atoms with Crippen LogP contribution in [0.2, 0.25) is 6.04 Å². The normalized spacial score (nSPS) is 11.1. The Kier molecular flexibility index (Phi) is 17.9. The van der Waals surface area contributed by atoms with E-state index in [0.29, 0.717) is 26.4 Å². The van der Waals surface area contributed by atoms with Crippen LogP contribution in [0, 0.1) is 0 Å². The van der Waals surface area contributed by atoms with Crippen LogP contribution in [-0.2, 0) is 19.8 Å². The van der Waals surface area contributed by atoms with Crippen LogP contribution in [-0.4, -0.2) is 34.4 Å². The molecule has 0 aromatic heterocycles. The summed E-state index contributed by atoms with van der Waals surface area (Å²) < 4.78 is 17.3. The van der Waals surface area contributed by atoms with Gasteiger partial charge in [-0.25, -0.2) is 0 Å². The topological polar surface area (TPSA) is 79.7 Å². The average molecular weight is 425 g/mol. The van der Waals surface area contributed by atoms with E-state index < -0.39 is 8.80 Å². The maximum atomic E-state index is 5.77. The molecule has 25 heavy (non-hydrogen) atoms. The van der Waals surface area contributed by atoms with Crippen molar-refractivity contribution in [2.45, 2.75) is 39.8 Å². The second-order valence-corrected chi connectivity index (χ2v) is 11.4. The Labute approximate surface area is 165 Å². The summed E-state index contributed by atoms with van der Waals surface area (Å²) in [5.41, 5.74) is 6.54. The highest BCUT2D eigenvalue weighted by Gasteiger charge is 2.39. The molecule has 1 rings (SSSR count). The van der Waals surface area contributed by atoms with Gasteiger partial charge in [-0.3, -0.25) is 5.14 Å². The molecule has 0 spiro atoms. The standard InChI is InChI=1S/C9H23NO3S3Si.C7H9N/c1-4-11-17(12-5-2,13-6-3)9-7-8-14-16-15-10;8-6-7-4-2-1-3-5-7/h4-10H2,1-3H3;1-5H,6,8H2. The first-order valence-electron chi connectivity index (χ1n) is 8.48. The van der Waals surface area contributed by atoms with Crippen molar-refractivity contribution in [2.75, 3.05) is 25.6 Å². The van der Waals surface area contributed by atoms with Gasteiger partial charge in [0.25, 0.3) is 0 Å². The fourth-order valence-corrected chi connectivity index (χ4v) is 7.12. The van der Waals surface area contributed by atoms with Gasteiger partial charge in [0, 0.05) is 38.2 Å². The Balaban J connectivity index is 0.000000593. The molecule has 0 radical (unpaired) electrons. The summed E-state index contributed by atoms with van der Waals surface area (Å²) in [6.45, 7) is 8.52. The average Bonchev–Trinajstić information content (AvgIpc) is 2.63. The molecule has 0 aliphatic rings. The predicted octanol–water partition coefficient (Wildman–Crippen LogP) is 4.47. The van der Waals surface area contributed by atoms with E-state index in [1.807, 2.05) is 51.1 Å². The van der Waals surface area contributed by atoms with Gasteiger partial charge in [0.1, 0.15) is 0 Å². The maximum absolute atomic E-state index is 5.77. The number of nitrogens with two attached hydrogens (primary N) is 2. The van der Waals surface area contributed by atoms with Crippen LogP contribution in [0.5, 0.6) is 0 Å². The molecule has 0 atom stereocenters. The first-order valence-corrected chi connectivity index (χ1v) is 14.1. The monoisotopic (exact) mass is 424 g/mol. The van der Waals surface area contributed by atoms with Crippen molar-refractivity contribution in [3.8, 4) is 0 Å². The number of hydrogen-bond donors (Lipinski definition) is 2. The van der Waals surface area contributed by atoms with Crippen molar-refractivity contribution in [1.29, 1.82) is 0 Å². The van der Waals surface area contributed by atoms with Crippen LogP contribution in [0.25, 0.3) is 0 Å².